The first kappa shape index (κ1) is 16.2. The topological polar surface area (TPSA) is 50.5 Å². The van der Waals surface area contributed by atoms with Crippen LogP contribution in [0.1, 0.15) is 17.1 Å². The highest BCUT2D eigenvalue weighted by atomic mass is 35.5. The molecule has 2 heterocycles. The Labute approximate surface area is 147 Å². The van der Waals surface area contributed by atoms with E-state index in [1.165, 1.54) is 0 Å². The van der Waals surface area contributed by atoms with Crippen LogP contribution >= 0.6 is 35.0 Å². The number of aryl methyl sites for hydroxylation is 1. The average molecular weight is 368 g/mol. The molecule has 3 rings (SSSR count). The first-order chi connectivity index (χ1) is 10.9. The predicted octanol–water partition coefficient (Wildman–Crippen LogP) is 5.13. The van der Waals surface area contributed by atoms with Crippen LogP contribution < -0.4 is 0 Å². The standard InChI is InChI=1S/C16H11Cl2NO3S/c1-9-2-5-12(22-9)7-14-15(20)19(16(21)23-14)8-10-3-4-11(17)6-13(10)18/h2-7H,8H2,1H3/b14-7-. The van der Waals surface area contributed by atoms with Gasteiger partial charge in [0.25, 0.3) is 11.1 Å². The highest BCUT2D eigenvalue weighted by Gasteiger charge is 2.35. The first-order valence-electron chi connectivity index (χ1n) is 6.70. The van der Waals surface area contributed by atoms with Gasteiger partial charge in [0.2, 0.25) is 0 Å². The Morgan fingerprint density at radius 1 is 1.22 bits per heavy atom. The van der Waals surface area contributed by atoms with Gasteiger partial charge in [-0.2, -0.15) is 0 Å². The molecule has 4 nitrogen and oxygen atoms in total. The van der Waals surface area contributed by atoms with Crippen LogP contribution in [0.3, 0.4) is 0 Å². The van der Waals surface area contributed by atoms with Gasteiger partial charge in [-0.05, 0) is 48.5 Å². The van der Waals surface area contributed by atoms with Crippen molar-refractivity contribution in [2.75, 3.05) is 0 Å². The minimum atomic E-state index is -0.361. The molecule has 0 bridgehead atoms. The molecule has 2 aromatic rings. The van der Waals surface area contributed by atoms with Crippen LogP contribution in [0.2, 0.25) is 10.0 Å². The van der Waals surface area contributed by atoms with E-state index in [0.717, 1.165) is 22.4 Å². The van der Waals surface area contributed by atoms with Crippen LogP contribution in [0.5, 0.6) is 0 Å². The largest absolute Gasteiger partial charge is 0.462 e. The van der Waals surface area contributed by atoms with Gasteiger partial charge < -0.3 is 4.42 Å². The molecule has 7 heteroatoms. The molecule has 0 radical (unpaired) electrons. The van der Waals surface area contributed by atoms with E-state index in [-0.39, 0.29) is 17.7 Å². The fourth-order valence-electron chi connectivity index (χ4n) is 2.12. The molecule has 1 aliphatic heterocycles. The molecular formula is C16H11Cl2NO3S. The summed E-state index contributed by atoms with van der Waals surface area (Å²) in [6.45, 7) is 1.92. The molecule has 0 N–H and O–H groups in total. The SMILES string of the molecule is Cc1ccc(/C=C2\SC(=O)N(Cc3ccc(Cl)cc3Cl)C2=O)o1. The van der Waals surface area contributed by atoms with Gasteiger partial charge in [-0.1, -0.05) is 29.3 Å². The monoisotopic (exact) mass is 367 g/mol. The van der Waals surface area contributed by atoms with Gasteiger partial charge in [0.15, 0.2) is 0 Å². The van der Waals surface area contributed by atoms with Crippen molar-refractivity contribution < 1.29 is 14.0 Å². The summed E-state index contributed by atoms with van der Waals surface area (Å²) in [5.74, 6) is 0.918. The fraction of sp³-hybridized carbons (Fsp3) is 0.125. The zero-order valence-corrected chi connectivity index (χ0v) is 14.3. The molecule has 23 heavy (non-hydrogen) atoms. The van der Waals surface area contributed by atoms with E-state index in [1.807, 2.05) is 6.92 Å². The van der Waals surface area contributed by atoms with Gasteiger partial charge in [0.1, 0.15) is 11.5 Å². The van der Waals surface area contributed by atoms with Crippen LogP contribution in [0.4, 0.5) is 4.79 Å². The second kappa shape index (κ2) is 6.43. The van der Waals surface area contributed by atoms with Crippen molar-refractivity contribution in [3.05, 3.63) is 62.4 Å². The van der Waals surface area contributed by atoms with E-state index in [9.17, 15) is 9.59 Å². The lowest BCUT2D eigenvalue weighted by Gasteiger charge is -2.13. The number of hydrogen-bond donors (Lipinski definition) is 0. The predicted molar refractivity (Wildman–Crippen MR) is 91.4 cm³/mol. The maximum Gasteiger partial charge on any atom is 0.293 e. The molecular weight excluding hydrogens is 357 g/mol. The molecule has 0 aliphatic carbocycles. The van der Waals surface area contributed by atoms with Crippen LogP contribution in [-0.4, -0.2) is 16.0 Å². The van der Waals surface area contributed by atoms with Crippen molar-refractivity contribution in [1.29, 1.82) is 0 Å². The van der Waals surface area contributed by atoms with Crippen molar-refractivity contribution in [2.24, 2.45) is 0 Å². The molecule has 1 aromatic heterocycles. The molecule has 1 aliphatic rings. The zero-order valence-electron chi connectivity index (χ0n) is 12.0. The molecule has 118 valence electrons. The minimum Gasteiger partial charge on any atom is -0.462 e. The van der Waals surface area contributed by atoms with Gasteiger partial charge in [-0.3, -0.25) is 14.5 Å². The van der Waals surface area contributed by atoms with Crippen molar-refractivity contribution in [3.8, 4) is 0 Å². The second-order valence-electron chi connectivity index (χ2n) is 4.95. The number of amides is 2. The third kappa shape index (κ3) is 3.47. The Hall–Kier alpha value is -1.69. The summed E-state index contributed by atoms with van der Waals surface area (Å²) in [5.41, 5.74) is 0.661. The Balaban J connectivity index is 1.82. The van der Waals surface area contributed by atoms with Gasteiger partial charge in [0.05, 0.1) is 11.4 Å². The van der Waals surface area contributed by atoms with Crippen LogP contribution in [-0.2, 0) is 11.3 Å². The normalized spacial score (nSPS) is 16.7. The Morgan fingerprint density at radius 3 is 2.65 bits per heavy atom. The van der Waals surface area contributed by atoms with Gasteiger partial charge >= 0.3 is 0 Å². The third-order valence-electron chi connectivity index (χ3n) is 3.25. The average Bonchev–Trinajstić information content (AvgIpc) is 3.00. The summed E-state index contributed by atoms with van der Waals surface area (Å²) in [7, 11) is 0. The van der Waals surface area contributed by atoms with E-state index in [0.29, 0.717) is 26.3 Å². The van der Waals surface area contributed by atoms with Gasteiger partial charge in [-0.15, -0.1) is 0 Å². The molecule has 2 amide bonds. The Bertz CT molecular complexity index is 828. The summed E-state index contributed by atoms with van der Waals surface area (Å²) in [5, 5.41) is 0.582. The molecule has 0 unspecified atom stereocenters. The summed E-state index contributed by atoms with van der Waals surface area (Å²) in [4.78, 5) is 26.0. The lowest BCUT2D eigenvalue weighted by Crippen LogP contribution is -2.27. The fourth-order valence-corrected chi connectivity index (χ4v) is 3.40. The number of furan rings is 1. The number of imide groups is 1. The van der Waals surface area contributed by atoms with Crippen LogP contribution in [0.15, 0.2) is 39.7 Å². The van der Waals surface area contributed by atoms with E-state index in [1.54, 1.807) is 36.4 Å². The summed E-state index contributed by atoms with van der Waals surface area (Å²) < 4.78 is 5.41. The highest BCUT2D eigenvalue weighted by molar-refractivity contribution is 8.18. The lowest BCUT2D eigenvalue weighted by atomic mass is 10.2. The van der Waals surface area contributed by atoms with Crippen molar-refractivity contribution in [2.45, 2.75) is 13.5 Å². The third-order valence-corrected chi connectivity index (χ3v) is 4.75. The van der Waals surface area contributed by atoms with Crippen molar-refractivity contribution in [1.82, 2.24) is 4.90 Å². The molecule has 0 atom stereocenters. The van der Waals surface area contributed by atoms with Gasteiger partial charge in [-0.25, -0.2) is 0 Å². The van der Waals surface area contributed by atoms with E-state index >= 15 is 0 Å². The Morgan fingerprint density at radius 2 is 2.00 bits per heavy atom. The number of benzene rings is 1. The lowest BCUT2D eigenvalue weighted by molar-refractivity contribution is -0.123. The molecule has 1 aromatic carbocycles. The molecule has 1 saturated heterocycles. The van der Waals surface area contributed by atoms with E-state index < -0.39 is 0 Å². The smallest absolute Gasteiger partial charge is 0.293 e. The number of rotatable bonds is 3. The number of halogens is 2. The van der Waals surface area contributed by atoms with Gasteiger partial charge in [0, 0.05) is 16.1 Å². The quantitative estimate of drug-likeness (QED) is 0.705. The maximum absolute atomic E-state index is 12.4. The van der Waals surface area contributed by atoms with Crippen LogP contribution in [0, 0.1) is 6.92 Å². The summed E-state index contributed by atoms with van der Waals surface area (Å²) in [6.07, 6.45) is 1.57. The number of nitrogens with zero attached hydrogens (tertiary/aromatic N) is 1. The number of carbonyl (C=O) groups excluding carboxylic acids is 2. The van der Waals surface area contributed by atoms with E-state index in [4.69, 9.17) is 27.6 Å². The number of thioether (sulfide) groups is 1. The second-order valence-corrected chi connectivity index (χ2v) is 6.79. The number of hydrogen-bond acceptors (Lipinski definition) is 4. The highest BCUT2D eigenvalue weighted by Crippen LogP contribution is 2.34. The first-order valence-corrected chi connectivity index (χ1v) is 8.27. The van der Waals surface area contributed by atoms with Crippen molar-refractivity contribution in [3.63, 3.8) is 0 Å². The summed E-state index contributed by atoms with van der Waals surface area (Å²) in [6, 6.07) is 8.50. The maximum atomic E-state index is 12.4. The minimum absolute atomic E-state index is 0.106. The molecule has 1 fully saturated rings. The molecule has 0 spiro atoms. The van der Waals surface area contributed by atoms with E-state index in [2.05, 4.69) is 0 Å². The van der Waals surface area contributed by atoms with Crippen molar-refractivity contribution >= 4 is 52.2 Å². The molecule has 0 saturated carbocycles. The zero-order chi connectivity index (χ0) is 16.6. The number of carbonyl (C=O) groups is 2. The Kier molecular flexibility index (Phi) is 4.53. The summed E-state index contributed by atoms with van der Waals surface area (Å²) >= 11 is 12.8. The van der Waals surface area contributed by atoms with Crippen LogP contribution in [0.25, 0.3) is 6.08 Å².